The van der Waals surface area contributed by atoms with Crippen LogP contribution in [0.1, 0.15) is 44.9 Å². The third kappa shape index (κ3) is 2.32. The maximum Gasteiger partial charge on any atom is 0.0527 e. The average Bonchev–Trinajstić information content (AvgIpc) is 2.77. The number of nitrogens with zero attached hydrogens (tertiary/aromatic N) is 2. The van der Waals surface area contributed by atoms with Gasteiger partial charge in [0.05, 0.1) is 6.04 Å². The van der Waals surface area contributed by atoms with Crippen molar-refractivity contribution in [1.82, 2.24) is 4.90 Å². The highest BCUT2D eigenvalue weighted by Gasteiger charge is 2.32. The molecule has 0 radical (unpaired) electrons. The molecule has 2 nitrogen and oxygen atoms in total. The van der Waals surface area contributed by atoms with Crippen LogP contribution in [-0.2, 0) is 0 Å². The van der Waals surface area contributed by atoms with Crippen LogP contribution in [0.2, 0.25) is 0 Å². The minimum Gasteiger partial charge on any atom is -0.303 e. The lowest BCUT2D eigenvalue weighted by molar-refractivity contribution is 0.151. The third-order valence-electron chi connectivity index (χ3n) is 4.72. The predicted molar refractivity (Wildman–Crippen MR) is 68.0 cm³/mol. The molecule has 0 amide bonds. The zero-order chi connectivity index (χ0) is 10.8. The van der Waals surface area contributed by atoms with Gasteiger partial charge in [-0.2, -0.15) is 0 Å². The second kappa shape index (κ2) is 4.87. The molecule has 0 aromatic carbocycles. The van der Waals surface area contributed by atoms with Gasteiger partial charge in [0.15, 0.2) is 0 Å². The van der Waals surface area contributed by atoms with Crippen molar-refractivity contribution in [2.45, 2.75) is 51.0 Å². The van der Waals surface area contributed by atoms with Crippen LogP contribution >= 0.6 is 0 Å². The van der Waals surface area contributed by atoms with Crippen molar-refractivity contribution in [3.63, 3.8) is 0 Å². The van der Waals surface area contributed by atoms with Crippen LogP contribution in [0.15, 0.2) is 4.99 Å². The van der Waals surface area contributed by atoms with Gasteiger partial charge >= 0.3 is 0 Å². The molecule has 0 spiro atoms. The summed E-state index contributed by atoms with van der Waals surface area (Å²) < 4.78 is 0. The van der Waals surface area contributed by atoms with Crippen molar-refractivity contribution in [2.24, 2.45) is 16.8 Å². The molecule has 1 saturated heterocycles. The maximum atomic E-state index is 4.60. The molecule has 0 bridgehead atoms. The summed E-state index contributed by atoms with van der Waals surface area (Å²) in [5.41, 5.74) is 0. The van der Waals surface area contributed by atoms with E-state index in [-0.39, 0.29) is 0 Å². The molecule has 2 aliphatic heterocycles. The molecule has 1 aliphatic carbocycles. The second-order valence-electron chi connectivity index (χ2n) is 5.94. The summed E-state index contributed by atoms with van der Waals surface area (Å²) in [6.45, 7) is 4.10. The first-order valence-electron chi connectivity index (χ1n) is 7.16. The Labute approximate surface area is 99.1 Å². The van der Waals surface area contributed by atoms with Gasteiger partial charge in [-0.25, -0.2) is 0 Å². The van der Waals surface area contributed by atoms with Crippen LogP contribution in [0.4, 0.5) is 0 Å². The Morgan fingerprint density at radius 3 is 2.88 bits per heavy atom. The van der Waals surface area contributed by atoms with Crippen molar-refractivity contribution < 1.29 is 0 Å². The number of rotatable bonds is 2. The molecule has 2 fully saturated rings. The fourth-order valence-corrected chi connectivity index (χ4v) is 3.80. The summed E-state index contributed by atoms with van der Waals surface area (Å²) in [5, 5.41) is 0. The van der Waals surface area contributed by atoms with Crippen molar-refractivity contribution in [3.8, 4) is 0 Å². The van der Waals surface area contributed by atoms with Crippen LogP contribution in [-0.4, -0.2) is 36.8 Å². The van der Waals surface area contributed by atoms with E-state index in [1.54, 1.807) is 0 Å². The molecule has 0 aromatic rings. The van der Waals surface area contributed by atoms with Gasteiger partial charge in [0, 0.05) is 6.54 Å². The lowest BCUT2D eigenvalue weighted by Gasteiger charge is -2.35. The number of hydrogen-bond donors (Lipinski definition) is 0. The van der Waals surface area contributed by atoms with Crippen molar-refractivity contribution >= 4 is 6.21 Å². The Balaban J connectivity index is 1.48. The Kier molecular flexibility index (Phi) is 3.27. The number of fused-ring (bicyclic) bond motifs is 1. The molecular formula is C14H24N2. The first-order valence-corrected chi connectivity index (χ1v) is 7.16. The molecule has 3 atom stereocenters. The van der Waals surface area contributed by atoms with Crippen molar-refractivity contribution in [2.75, 3.05) is 19.6 Å². The highest BCUT2D eigenvalue weighted by molar-refractivity contribution is 5.60. The summed E-state index contributed by atoms with van der Waals surface area (Å²) in [7, 11) is 0. The zero-order valence-corrected chi connectivity index (χ0v) is 10.3. The molecule has 0 aromatic heterocycles. The molecular weight excluding hydrogens is 196 g/mol. The summed E-state index contributed by atoms with van der Waals surface area (Å²) in [6.07, 6.45) is 12.0. The second-order valence-corrected chi connectivity index (χ2v) is 5.94. The monoisotopic (exact) mass is 220 g/mol. The van der Waals surface area contributed by atoms with Gasteiger partial charge < -0.3 is 4.90 Å². The first kappa shape index (κ1) is 10.8. The smallest absolute Gasteiger partial charge is 0.0527 e. The van der Waals surface area contributed by atoms with E-state index in [4.69, 9.17) is 0 Å². The van der Waals surface area contributed by atoms with Crippen LogP contribution in [0.5, 0.6) is 0 Å². The van der Waals surface area contributed by atoms with Gasteiger partial charge in [-0.1, -0.05) is 6.42 Å². The molecule has 2 heteroatoms. The Morgan fingerprint density at radius 2 is 2.00 bits per heavy atom. The van der Waals surface area contributed by atoms with Crippen molar-refractivity contribution in [3.05, 3.63) is 0 Å². The highest BCUT2D eigenvalue weighted by atomic mass is 15.1. The predicted octanol–water partition coefficient (Wildman–Crippen LogP) is 2.73. The van der Waals surface area contributed by atoms with Crippen molar-refractivity contribution in [1.29, 1.82) is 0 Å². The van der Waals surface area contributed by atoms with Gasteiger partial charge in [0.2, 0.25) is 0 Å². The highest BCUT2D eigenvalue weighted by Crippen LogP contribution is 2.36. The van der Waals surface area contributed by atoms with Crippen LogP contribution < -0.4 is 0 Å². The summed E-state index contributed by atoms with van der Waals surface area (Å²) in [4.78, 5) is 7.31. The fourth-order valence-electron chi connectivity index (χ4n) is 3.80. The number of piperidine rings is 1. The Morgan fingerprint density at radius 1 is 1.12 bits per heavy atom. The Hall–Kier alpha value is -0.370. The lowest BCUT2D eigenvalue weighted by Crippen LogP contribution is -2.37. The summed E-state index contributed by atoms with van der Waals surface area (Å²) in [6, 6.07) is 0.706. The molecule has 90 valence electrons. The molecule has 2 heterocycles. The number of likely N-dealkylation sites (tertiary alicyclic amines) is 1. The number of hydrogen-bond acceptors (Lipinski definition) is 2. The molecule has 1 saturated carbocycles. The van der Waals surface area contributed by atoms with E-state index < -0.39 is 0 Å². The van der Waals surface area contributed by atoms with Gasteiger partial charge in [-0.15, -0.1) is 0 Å². The molecule has 16 heavy (non-hydrogen) atoms. The SMILES string of the molecule is C1=NC2CCC(CN3CCCCC3)CC2C1. The standard InChI is InChI=1S/C14H24N2/c1-2-8-16(9-3-1)11-12-4-5-14-13(10-12)6-7-15-14/h7,12-14H,1-6,8-11H2. The van der Waals surface area contributed by atoms with Gasteiger partial charge in [0.25, 0.3) is 0 Å². The lowest BCUT2D eigenvalue weighted by atomic mass is 9.78. The minimum absolute atomic E-state index is 0.706. The average molecular weight is 220 g/mol. The van der Waals surface area contributed by atoms with Gasteiger partial charge in [-0.05, 0) is 69.7 Å². The van der Waals surface area contributed by atoms with Gasteiger partial charge in [-0.3, -0.25) is 4.99 Å². The topological polar surface area (TPSA) is 15.6 Å². The zero-order valence-electron chi connectivity index (χ0n) is 10.3. The van der Waals surface area contributed by atoms with Crippen LogP contribution in [0.25, 0.3) is 0 Å². The summed E-state index contributed by atoms with van der Waals surface area (Å²) in [5.74, 6) is 1.88. The van der Waals surface area contributed by atoms with Crippen LogP contribution in [0.3, 0.4) is 0 Å². The maximum absolute atomic E-state index is 4.60. The molecule has 3 unspecified atom stereocenters. The molecule has 3 aliphatic rings. The van der Waals surface area contributed by atoms with E-state index in [0.717, 1.165) is 11.8 Å². The largest absolute Gasteiger partial charge is 0.303 e. The minimum atomic E-state index is 0.706. The summed E-state index contributed by atoms with van der Waals surface area (Å²) >= 11 is 0. The van der Waals surface area contributed by atoms with Crippen LogP contribution in [0, 0.1) is 11.8 Å². The normalized spacial score (nSPS) is 39.9. The quantitative estimate of drug-likeness (QED) is 0.698. The Bertz CT molecular complexity index is 255. The van der Waals surface area contributed by atoms with E-state index in [2.05, 4.69) is 16.1 Å². The van der Waals surface area contributed by atoms with E-state index >= 15 is 0 Å². The van der Waals surface area contributed by atoms with Gasteiger partial charge in [0.1, 0.15) is 0 Å². The molecule has 0 N–H and O–H groups in total. The number of aliphatic imine (C=N–C) groups is 1. The first-order chi connectivity index (χ1) is 7.92. The third-order valence-corrected chi connectivity index (χ3v) is 4.72. The van der Waals surface area contributed by atoms with E-state index in [1.165, 1.54) is 64.6 Å². The fraction of sp³-hybridized carbons (Fsp3) is 0.929. The van der Waals surface area contributed by atoms with E-state index in [9.17, 15) is 0 Å². The van der Waals surface area contributed by atoms with E-state index in [0.29, 0.717) is 6.04 Å². The molecule has 3 rings (SSSR count). The van der Waals surface area contributed by atoms with E-state index in [1.807, 2.05) is 0 Å².